The molecule has 0 bridgehead atoms. The van der Waals surface area contributed by atoms with E-state index in [4.69, 9.17) is 5.73 Å². The van der Waals surface area contributed by atoms with Crippen LogP contribution >= 0.6 is 0 Å². The Hall–Kier alpha value is 0.269. The van der Waals surface area contributed by atoms with Crippen LogP contribution in [0.5, 0.6) is 0 Å². The first kappa shape index (κ1) is 9.27. The zero-order valence-electron chi connectivity index (χ0n) is 6.40. The standard InChI is InChI=1S/C3H6NO.3CH3.Sn/c1-2-3(4)5;;;;/h1-2H2,(H2,4,5);3*1H3;. The van der Waals surface area contributed by atoms with Gasteiger partial charge in [-0.2, -0.15) is 0 Å². The van der Waals surface area contributed by atoms with Gasteiger partial charge in [-0.25, -0.2) is 0 Å². The van der Waals surface area contributed by atoms with Crippen LogP contribution in [0.3, 0.4) is 0 Å². The zero-order chi connectivity index (χ0) is 7.49. The summed E-state index contributed by atoms with van der Waals surface area (Å²) in [5.74, 6) is -0.151. The fourth-order valence-corrected chi connectivity index (χ4v) is 3.34. The molecule has 2 N–H and O–H groups in total. The van der Waals surface area contributed by atoms with Crippen LogP contribution in [-0.2, 0) is 4.79 Å². The van der Waals surface area contributed by atoms with E-state index in [-0.39, 0.29) is 5.91 Å². The molecule has 0 rings (SSSR count). The zero-order valence-corrected chi connectivity index (χ0v) is 9.25. The third-order valence-corrected chi connectivity index (χ3v) is 6.12. The molecule has 0 aliphatic rings. The maximum atomic E-state index is 10.3. The summed E-state index contributed by atoms with van der Waals surface area (Å²) in [4.78, 5) is 17.2. The molecule has 0 aliphatic heterocycles. The molecule has 0 heterocycles. The van der Waals surface area contributed by atoms with Gasteiger partial charge in [0, 0.05) is 0 Å². The molecule has 0 unspecified atom stereocenters. The number of carbonyl (C=O) groups excluding carboxylic acids is 1. The van der Waals surface area contributed by atoms with Gasteiger partial charge in [0.15, 0.2) is 0 Å². The number of amides is 1. The van der Waals surface area contributed by atoms with Crippen molar-refractivity contribution in [2.24, 2.45) is 5.73 Å². The van der Waals surface area contributed by atoms with Crippen LogP contribution < -0.4 is 5.73 Å². The molecule has 0 spiro atoms. The molecule has 1 amide bonds. The third-order valence-electron chi connectivity index (χ3n) is 1.12. The molecular weight excluding hydrogens is 221 g/mol. The van der Waals surface area contributed by atoms with Crippen molar-refractivity contribution < 1.29 is 4.79 Å². The second-order valence-corrected chi connectivity index (χ2v) is 19.6. The molecule has 0 aromatic heterocycles. The molecule has 0 fully saturated rings. The van der Waals surface area contributed by atoms with Crippen LogP contribution in [-0.4, -0.2) is 24.3 Å². The number of primary amides is 1. The first-order valence-electron chi connectivity index (χ1n) is 3.20. The van der Waals surface area contributed by atoms with Crippen molar-refractivity contribution >= 4 is 24.3 Å². The van der Waals surface area contributed by atoms with Gasteiger partial charge in [-0.3, -0.25) is 0 Å². The van der Waals surface area contributed by atoms with E-state index in [0.717, 1.165) is 4.44 Å². The molecule has 0 aliphatic carbocycles. The summed E-state index contributed by atoms with van der Waals surface area (Å²) in [7, 11) is 0. The molecule has 0 aromatic carbocycles. The van der Waals surface area contributed by atoms with E-state index in [2.05, 4.69) is 14.8 Å². The molecule has 2 nitrogen and oxygen atoms in total. The average Bonchev–Trinajstić information content (AvgIpc) is 1.59. The average molecular weight is 236 g/mol. The number of nitrogens with two attached hydrogens (primary N) is 1. The Bertz CT molecular complexity index is 106. The topological polar surface area (TPSA) is 43.1 Å². The van der Waals surface area contributed by atoms with E-state index in [9.17, 15) is 4.79 Å². The molecule has 9 heavy (non-hydrogen) atoms. The molecular formula is C6H15NOSn. The molecule has 3 heteroatoms. The van der Waals surface area contributed by atoms with Gasteiger partial charge in [-0.05, 0) is 0 Å². The van der Waals surface area contributed by atoms with Crippen LogP contribution in [0, 0.1) is 0 Å². The van der Waals surface area contributed by atoms with Gasteiger partial charge in [0.05, 0.1) is 0 Å². The molecule has 54 valence electrons. The van der Waals surface area contributed by atoms with Gasteiger partial charge in [-0.15, -0.1) is 0 Å². The number of hydrogen-bond donors (Lipinski definition) is 1. The first-order valence-corrected chi connectivity index (χ1v) is 13.8. The number of rotatable bonds is 3. The van der Waals surface area contributed by atoms with Crippen molar-refractivity contribution in [3.05, 3.63) is 0 Å². The van der Waals surface area contributed by atoms with Gasteiger partial charge in [0.25, 0.3) is 0 Å². The minimum atomic E-state index is -1.66. The number of hydrogen-bond acceptors (Lipinski definition) is 1. The molecule has 0 aromatic rings. The van der Waals surface area contributed by atoms with Crippen molar-refractivity contribution in [3.8, 4) is 0 Å². The van der Waals surface area contributed by atoms with E-state index in [0.29, 0.717) is 6.42 Å². The maximum absolute atomic E-state index is 10.3. The van der Waals surface area contributed by atoms with Crippen LogP contribution in [0.1, 0.15) is 6.42 Å². The summed E-state index contributed by atoms with van der Waals surface area (Å²) in [6.07, 6.45) is 0.597. The minimum absolute atomic E-state index is 0.151. The van der Waals surface area contributed by atoms with E-state index in [1.165, 1.54) is 0 Å². The molecule has 0 atom stereocenters. The Morgan fingerprint density at radius 3 is 2.00 bits per heavy atom. The SMILES string of the molecule is [CH3][Sn]([CH3])([CH3])[CH2]CC(N)=O. The van der Waals surface area contributed by atoms with E-state index >= 15 is 0 Å². The van der Waals surface area contributed by atoms with E-state index in [1.54, 1.807) is 0 Å². The van der Waals surface area contributed by atoms with Crippen molar-refractivity contribution in [2.75, 3.05) is 0 Å². The summed E-state index contributed by atoms with van der Waals surface area (Å²) in [5, 5.41) is 0. The van der Waals surface area contributed by atoms with Crippen molar-refractivity contribution in [1.29, 1.82) is 0 Å². The Labute approximate surface area is 60.7 Å². The van der Waals surface area contributed by atoms with Crippen LogP contribution in [0.4, 0.5) is 0 Å². The summed E-state index contributed by atoms with van der Waals surface area (Å²) >= 11 is -1.66. The summed E-state index contributed by atoms with van der Waals surface area (Å²) in [6, 6.07) is 0. The Kier molecular flexibility index (Phi) is 3.54. The van der Waals surface area contributed by atoms with Gasteiger partial charge in [0.2, 0.25) is 0 Å². The second-order valence-electron chi connectivity index (χ2n) is 3.53. The molecule has 0 saturated heterocycles. The van der Waals surface area contributed by atoms with Crippen molar-refractivity contribution in [2.45, 2.75) is 25.7 Å². The summed E-state index contributed by atoms with van der Waals surface area (Å²) in [5.41, 5.74) is 4.99. The predicted octanol–water partition coefficient (Wildman–Crippen LogP) is 1.20. The van der Waals surface area contributed by atoms with E-state index in [1.807, 2.05) is 0 Å². The van der Waals surface area contributed by atoms with Gasteiger partial charge < -0.3 is 0 Å². The van der Waals surface area contributed by atoms with Gasteiger partial charge in [-0.1, -0.05) is 0 Å². The quantitative estimate of drug-likeness (QED) is 0.735. The fraction of sp³-hybridized carbons (Fsp3) is 0.833. The van der Waals surface area contributed by atoms with Crippen molar-refractivity contribution in [3.63, 3.8) is 0 Å². The summed E-state index contributed by atoms with van der Waals surface area (Å²) in [6.45, 7) is 0. The monoisotopic (exact) mass is 237 g/mol. The Morgan fingerprint density at radius 2 is 1.89 bits per heavy atom. The van der Waals surface area contributed by atoms with Crippen LogP contribution in [0.2, 0.25) is 19.3 Å². The summed E-state index contributed by atoms with van der Waals surface area (Å²) < 4.78 is 1.09. The van der Waals surface area contributed by atoms with Crippen molar-refractivity contribution in [1.82, 2.24) is 0 Å². The fourth-order valence-electron chi connectivity index (χ4n) is 0.498. The van der Waals surface area contributed by atoms with Gasteiger partial charge >= 0.3 is 60.5 Å². The molecule has 0 saturated carbocycles. The predicted molar refractivity (Wildman–Crippen MR) is 42.0 cm³/mol. The second kappa shape index (κ2) is 3.44. The molecule has 0 radical (unpaired) electrons. The Morgan fingerprint density at radius 1 is 1.44 bits per heavy atom. The van der Waals surface area contributed by atoms with Crippen LogP contribution in [0.15, 0.2) is 0 Å². The normalized spacial score (nSPS) is 11.4. The van der Waals surface area contributed by atoms with Gasteiger partial charge in [0.1, 0.15) is 0 Å². The first-order chi connectivity index (χ1) is 3.92. The Balaban J connectivity index is 3.39. The third kappa shape index (κ3) is 8.27. The van der Waals surface area contributed by atoms with E-state index < -0.39 is 18.4 Å². The van der Waals surface area contributed by atoms with Crippen LogP contribution in [0.25, 0.3) is 0 Å². The number of carbonyl (C=O) groups is 1.